The van der Waals surface area contributed by atoms with Crippen LogP contribution in [0.5, 0.6) is 17.2 Å². The fourth-order valence-electron chi connectivity index (χ4n) is 3.35. The van der Waals surface area contributed by atoms with Crippen molar-refractivity contribution in [3.63, 3.8) is 0 Å². The van der Waals surface area contributed by atoms with E-state index in [0.29, 0.717) is 28.1 Å². The number of hydrogen-bond acceptors (Lipinski definition) is 6. The fourth-order valence-corrected chi connectivity index (χ4v) is 4.34. The standard InChI is InChI=1S/C26H24N2O4S/c1-30-21-11-9-18(10-12-21)17-28-25(29)24(33-26(28)27-20-7-5-4-6-8-20)16-19-15-22(31-2)13-14-23(19)32-3/h4-16H,17H2,1-3H3/b24-16-,27-26?. The van der Waals surface area contributed by atoms with Gasteiger partial charge in [0.15, 0.2) is 5.17 Å². The second-order valence-electron chi connectivity index (χ2n) is 7.19. The van der Waals surface area contributed by atoms with Crippen LogP contribution >= 0.6 is 11.8 Å². The molecule has 1 saturated heterocycles. The molecule has 0 saturated carbocycles. The van der Waals surface area contributed by atoms with E-state index in [2.05, 4.69) is 0 Å². The SMILES string of the molecule is COc1ccc(CN2C(=O)/C(=C/c3cc(OC)ccc3OC)SC2=Nc2ccccc2)cc1. The minimum atomic E-state index is -0.115. The Bertz CT molecular complexity index is 1190. The van der Waals surface area contributed by atoms with Crippen LogP contribution in [0.15, 0.2) is 82.7 Å². The molecule has 0 spiro atoms. The summed E-state index contributed by atoms with van der Waals surface area (Å²) < 4.78 is 16.1. The Morgan fingerprint density at radius 3 is 2.24 bits per heavy atom. The quantitative estimate of drug-likeness (QED) is 0.435. The van der Waals surface area contributed by atoms with Gasteiger partial charge in [-0.05, 0) is 65.9 Å². The molecule has 168 valence electrons. The second kappa shape index (κ2) is 10.3. The summed E-state index contributed by atoms with van der Waals surface area (Å²) in [5.74, 6) is 2.00. The maximum atomic E-state index is 13.5. The maximum absolute atomic E-state index is 13.5. The minimum absolute atomic E-state index is 0.115. The normalized spacial score (nSPS) is 15.8. The molecule has 0 atom stereocenters. The van der Waals surface area contributed by atoms with Gasteiger partial charge in [-0.2, -0.15) is 0 Å². The van der Waals surface area contributed by atoms with Crippen molar-refractivity contribution in [3.05, 3.63) is 88.8 Å². The van der Waals surface area contributed by atoms with Gasteiger partial charge >= 0.3 is 0 Å². The number of nitrogens with zero attached hydrogens (tertiary/aromatic N) is 2. The van der Waals surface area contributed by atoms with E-state index in [1.165, 1.54) is 11.8 Å². The highest BCUT2D eigenvalue weighted by Crippen LogP contribution is 2.37. The van der Waals surface area contributed by atoms with Crippen molar-refractivity contribution in [2.75, 3.05) is 21.3 Å². The molecular weight excluding hydrogens is 436 g/mol. The molecule has 33 heavy (non-hydrogen) atoms. The van der Waals surface area contributed by atoms with E-state index in [1.54, 1.807) is 26.2 Å². The first-order valence-corrected chi connectivity index (χ1v) is 11.1. The molecule has 1 amide bonds. The summed E-state index contributed by atoms with van der Waals surface area (Å²) in [7, 11) is 4.84. The Kier molecular flexibility index (Phi) is 7.00. The third kappa shape index (κ3) is 5.21. The Hall–Kier alpha value is -3.71. The van der Waals surface area contributed by atoms with Gasteiger partial charge in [0.05, 0.1) is 38.5 Å². The zero-order valence-electron chi connectivity index (χ0n) is 18.6. The van der Waals surface area contributed by atoms with Crippen molar-refractivity contribution >= 4 is 34.6 Å². The van der Waals surface area contributed by atoms with Gasteiger partial charge in [0, 0.05) is 5.56 Å². The summed E-state index contributed by atoms with van der Waals surface area (Å²) >= 11 is 1.34. The van der Waals surface area contributed by atoms with E-state index in [4.69, 9.17) is 19.2 Å². The molecule has 0 bridgehead atoms. The summed E-state index contributed by atoms with van der Waals surface area (Å²) in [6, 6.07) is 22.8. The molecule has 1 fully saturated rings. The van der Waals surface area contributed by atoms with Gasteiger partial charge in [-0.3, -0.25) is 9.69 Å². The highest BCUT2D eigenvalue weighted by molar-refractivity contribution is 8.18. The van der Waals surface area contributed by atoms with Crippen molar-refractivity contribution in [2.45, 2.75) is 6.54 Å². The Morgan fingerprint density at radius 1 is 0.879 bits per heavy atom. The van der Waals surface area contributed by atoms with E-state index in [1.807, 2.05) is 78.9 Å². The van der Waals surface area contributed by atoms with E-state index >= 15 is 0 Å². The number of carbonyl (C=O) groups excluding carboxylic acids is 1. The number of amidine groups is 1. The van der Waals surface area contributed by atoms with Crippen molar-refractivity contribution in [1.82, 2.24) is 4.90 Å². The lowest BCUT2D eigenvalue weighted by Gasteiger charge is -2.16. The monoisotopic (exact) mass is 460 g/mol. The van der Waals surface area contributed by atoms with Gasteiger partial charge in [0.25, 0.3) is 5.91 Å². The van der Waals surface area contributed by atoms with Gasteiger partial charge in [-0.25, -0.2) is 4.99 Å². The third-order valence-electron chi connectivity index (χ3n) is 5.09. The number of para-hydroxylation sites is 1. The molecule has 7 heteroatoms. The van der Waals surface area contributed by atoms with Gasteiger partial charge in [0.2, 0.25) is 0 Å². The lowest BCUT2D eigenvalue weighted by atomic mass is 10.1. The molecule has 1 heterocycles. The predicted molar refractivity (Wildman–Crippen MR) is 132 cm³/mol. The number of ether oxygens (including phenoxy) is 3. The highest BCUT2D eigenvalue weighted by atomic mass is 32.2. The molecule has 0 unspecified atom stereocenters. The second-order valence-corrected chi connectivity index (χ2v) is 8.20. The van der Waals surface area contributed by atoms with Crippen LogP contribution < -0.4 is 14.2 Å². The fraction of sp³-hybridized carbons (Fsp3) is 0.154. The predicted octanol–water partition coefficient (Wildman–Crippen LogP) is 5.52. The van der Waals surface area contributed by atoms with Crippen LogP contribution in [0.3, 0.4) is 0 Å². The smallest absolute Gasteiger partial charge is 0.267 e. The third-order valence-corrected chi connectivity index (χ3v) is 6.10. The number of thioether (sulfide) groups is 1. The lowest BCUT2D eigenvalue weighted by molar-refractivity contribution is -0.122. The van der Waals surface area contributed by atoms with Crippen LogP contribution in [0.1, 0.15) is 11.1 Å². The molecule has 6 nitrogen and oxygen atoms in total. The molecule has 0 radical (unpaired) electrons. The molecule has 0 N–H and O–H groups in total. The van der Waals surface area contributed by atoms with Crippen molar-refractivity contribution in [3.8, 4) is 17.2 Å². The largest absolute Gasteiger partial charge is 0.497 e. The summed E-state index contributed by atoms with van der Waals surface area (Å²) in [5, 5.41) is 0.620. The van der Waals surface area contributed by atoms with Gasteiger partial charge in [0.1, 0.15) is 17.2 Å². The van der Waals surface area contributed by atoms with Gasteiger partial charge < -0.3 is 14.2 Å². The summed E-state index contributed by atoms with van der Waals surface area (Å²) in [4.78, 5) is 20.5. The number of carbonyl (C=O) groups is 1. The van der Waals surface area contributed by atoms with Crippen LogP contribution in [0.2, 0.25) is 0 Å². The maximum Gasteiger partial charge on any atom is 0.267 e. The first-order valence-electron chi connectivity index (χ1n) is 10.3. The summed E-state index contributed by atoms with van der Waals surface area (Å²) in [6.45, 7) is 0.397. The number of rotatable bonds is 7. The molecule has 0 aliphatic carbocycles. The average Bonchev–Trinajstić information content (AvgIpc) is 3.13. The van der Waals surface area contributed by atoms with Gasteiger partial charge in [-0.15, -0.1) is 0 Å². The Balaban J connectivity index is 1.71. The summed E-state index contributed by atoms with van der Waals surface area (Å²) in [5.41, 5.74) is 2.52. The van der Waals surface area contributed by atoms with Crippen molar-refractivity contribution in [1.29, 1.82) is 0 Å². The number of methoxy groups -OCH3 is 3. The number of aliphatic imine (C=N–C) groups is 1. The number of amides is 1. The Morgan fingerprint density at radius 2 is 1.58 bits per heavy atom. The van der Waals surface area contributed by atoms with Crippen LogP contribution in [0, 0.1) is 0 Å². The zero-order chi connectivity index (χ0) is 23.2. The van der Waals surface area contributed by atoms with Crippen LogP contribution in [0.4, 0.5) is 5.69 Å². The molecule has 3 aromatic carbocycles. The first-order chi connectivity index (χ1) is 16.1. The molecule has 1 aliphatic heterocycles. The number of hydrogen-bond donors (Lipinski definition) is 0. The lowest BCUT2D eigenvalue weighted by Crippen LogP contribution is -2.28. The molecule has 3 aromatic rings. The van der Waals surface area contributed by atoms with Crippen LogP contribution in [-0.4, -0.2) is 37.3 Å². The van der Waals surface area contributed by atoms with E-state index in [0.717, 1.165) is 22.6 Å². The Labute approximate surface area is 197 Å². The topological polar surface area (TPSA) is 60.4 Å². The van der Waals surface area contributed by atoms with E-state index in [9.17, 15) is 4.79 Å². The molecule has 4 rings (SSSR count). The van der Waals surface area contributed by atoms with Crippen LogP contribution in [-0.2, 0) is 11.3 Å². The number of benzene rings is 3. The van der Waals surface area contributed by atoms with Crippen molar-refractivity contribution in [2.24, 2.45) is 4.99 Å². The van der Waals surface area contributed by atoms with Crippen molar-refractivity contribution < 1.29 is 19.0 Å². The minimum Gasteiger partial charge on any atom is -0.497 e. The van der Waals surface area contributed by atoms with Crippen LogP contribution in [0.25, 0.3) is 6.08 Å². The summed E-state index contributed by atoms with van der Waals surface area (Å²) in [6.07, 6.45) is 1.82. The first kappa shape index (κ1) is 22.5. The average molecular weight is 461 g/mol. The van der Waals surface area contributed by atoms with E-state index in [-0.39, 0.29) is 5.91 Å². The van der Waals surface area contributed by atoms with Gasteiger partial charge in [-0.1, -0.05) is 30.3 Å². The molecule has 0 aromatic heterocycles. The molecule has 1 aliphatic rings. The zero-order valence-corrected chi connectivity index (χ0v) is 19.5. The highest BCUT2D eigenvalue weighted by Gasteiger charge is 2.33. The van der Waals surface area contributed by atoms with E-state index < -0.39 is 0 Å². The molecular formula is C26H24N2O4S.